The van der Waals surface area contributed by atoms with Crippen LogP contribution in [0.2, 0.25) is 0 Å². The lowest BCUT2D eigenvalue weighted by atomic mass is 10.2. The van der Waals surface area contributed by atoms with Gasteiger partial charge in [0.2, 0.25) is 5.91 Å². The summed E-state index contributed by atoms with van der Waals surface area (Å²) in [6.45, 7) is 1.75. The third-order valence-corrected chi connectivity index (χ3v) is 5.33. The Morgan fingerprint density at radius 1 is 1.21 bits per heavy atom. The summed E-state index contributed by atoms with van der Waals surface area (Å²) in [7, 11) is 0. The fraction of sp³-hybridized carbons (Fsp3) is 0.312. The van der Waals surface area contributed by atoms with Gasteiger partial charge in [-0.15, -0.1) is 0 Å². The van der Waals surface area contributed by atoms with Gasteiger partial charge in [0.05, 0.1) is 18.1 Å². The van der Waals surface area contributed by atoms with Crippen LogP contribution in [0.3, 0.4) is 0 Å². The van der Waals surface area contributed by atoms with Gasteiger partial charge in [0.15, 0.2) is 0 Å². The molecule has 2 aliphatic heterocycles. The average Bonchev–Trinajstić information content (AvgIpc) is 2.85. The summed E-state index contributed by atoms with van der Waals surface area (Å²) in [5.41, 5.74) is 0.848. The maximum atomic E-state index is 12.4. The number of benzene rings is 1. The minimum Gasteiger partial charge on any atom is -0.378 e. The second-order valence-electron chi connectivity index (χ2n) is 5.31. The van der Waals surface area contributed by atoms with Gasteiger partial charge in [-0.25, -0.2) is 0 Å². The van der Waals surface area contributed by atoms with Crippen molar-refractivity contribution >= 4 is 57.5 Å². The van der Waals surface area contributed by atoms with Crippen LogP contribution in [-0.2, 0) is 14.3 Å². The summed E-state index contributed by atoms with van der Waals surface area (Å²) in [6.07, 6.45) is 1.68. The van der Waals surface area contributed by atoms with E-state index >= 15 is 0 Å². The Bertz CT molecular complexity index is 699. The molecule has 24 heavy (non-hydrogen) atoms. The Balaban J connectivity index is 1.69. The molecule has 0 spiro atoms. The first kappa shape index (κ1) is 17.4. The van der Waals surface area contributed by atoms with Crippen molar-refractivity contribution in [1.29, 1.82) is 0 Å². The van der Waals surface area contributed by atoms with Crippen LogP contribution in [0, 0.1) is 3.57 Å². The van der Waals surface area contributed by atoms with E-state index in [-0.39, 0.29) is 12.5 Å². The molecule has 2 aliphatic rings. The highest BCUT2D eigenvalue weighted by molar-refractivity contribution is 14.1. The molecule has 1 aromatic carbocycles. The fourth-order valence-corrected chi connectivity index (χ4v) is 3.59. The lowest BCUT2D eigenvalue weighted by Gasteiger charge is -2.28. The van der Waals surface area contributed by atoms with Gasteiger partial charge >= 0.3 is 0 Å². The summed E-state index contributed by atoms with van der Waals surface area (Å²) in [5, 5.41) is -0.404. The molecule has 1 aromatic rings. The van der Waals surface area contributed by atoms with Crippen LogP contribution in [0.15, 0.2) is 29.2 Å². The minimum atomic E-state index is -0.412. The van der Waals surface area contributed by atoms with Crippen molar-refractivity contribution in [3.8, 4) is 0 Å². The predicted octanol–water partition coefficient (Wildman–Crippen LogP) is 2.19. The first-order chi connectivity index (χ1) is 11.5. The van der Waals surface area contributed by atoms with Crippen LogP contribution < -0.4 is 0 Å². The first-order valence-electron chi connectivity index (χ1n) is 7.41. The first-order valence-corrected chi connectivity index (χ1v) is 9.30. The predicted molar refractivity (Wildman–Crippen MR) is 99.2 cm³/mol. The van der Waals surface area contributed by atoms with Crippen LogP contribution in [0.25, 0.3) is 6.08 Å². The molecule has 0 unspecified atom stereocenters. The number of nitrogens with zero attached hydrogens (tertiary/aromatic N) is 2. The number of thioether (sulfide) groups is 1. The molecule has 2 fully saturated rings. The second-order valence-corrected chi connectivity index (χ2v) is 7.55. The van der Waals surface area contributed by atoms with Crippen molar-refractivity contribution in [2.75, 3.05) is 32.8 Å². The maximum Gasteiger partial charge on any atom is 0.294 e. The molecule has 126 valence electrons. The molecular formula is C16H15IN2O4S. The number of ether oxygens (including phenoxy) is 1. The quantitative estimate of drug-likeness (QED) is 0.514. The topological polar surface area (TPSA) is 66.9 Å². The zero-order valence-electron chi connectivity index (χ0n) is 12.7. The van der Waals surface area contributed by atoms with E-state index in [4.69, 9.17) is 4.74 Å². The van der Waals surface area contributed by atoms with E-state index in [0.29, 0.717) is 31.2 Å². The van der Waals surface area contributed by atoms with Crippen molar-refractivity contribution in [1.82, 2.24) is 9.80 Å². The molecular weight excluding hydrogens is 443 g/mol. The van der Waals surface area contributed by atoms with E-state index in [1.807, 2.05) is 24.3 Å². The van der Waals surface area contributed by atoms with Crippen molar-refractivity contribution < 1.29 is 19.1 Å². The van der Waals surface area contributed by atoms with E-state index in [2.05, 4.69) is 22.6 Å². The number of amides is 3. The molecule has 0 N–H and O–H groups in total. The summed E-state index contributed by atoms with van der Waals surface area (Å²) in [6, 6.07) is 7.63. The number of carbonyl (C=O) groups excluding carboxylic acids is 3. The van der Waals surface area contributed by atoms with E-state index in [9.17, 15) is 14.4 Å². The van der Waals surface area contributed by atoms with E-state index in [1.165, 1.54) is 0 Å². The number of imide groups is 1. The molecule has 6 nitrogen and oxygen atoms in total. The minimum absolute atomic E-state index is 0.214. The molecule has 0 aliphatic carbocycles. The lowest BCUT2D eigenvalue weighted by Crippen LogP contribution is -2.46. The molecule has 8 heteroatoms. The SMILES string of the molecule is O=C(CN1C(=O)S/C(=C\c2ccc(I)cc2)C1=O)N1CCOCC1. The summed E-state index contributed by atoms with van der Waals surface area (Å²) in [5.74, 6) is -0.638. The molecule has 0 saturated carbocycles. The maximum absolute atomic E-state index is 12.4. The summed E-state index contributed by atoms with van der Waals surface area (Å²) < 4.78 is 6.29. The van der Waals surface area contributed by atoms with Gasteiger partial charge in [0.25, 0.3) is 11.1 Å². The van der Waals surface area contributed by atoms with E-state index in [1.54, 1.807) is 11.0 Å². The Kier molecular flexibility index (Phi) is 5.57. The molecule has 0 bridgehead atoms. The van der Waals surface area contributed by atoms with Crippen LogP contribution in [-0.4, -0.2) is 59.7 Å². The van der Waals surface area contributed by atoms with Gasteiger partial charge < -0.3 is 9.64 Å². The number of halogens is 1. The highest BCUT2D eigenvalue weighted by Gasteiger charge is 2.37. The Hall–Kier alpha value is -1.39. The zero-order valence-corrected chi connectivity index (χ0v) is 15.7. The van der Waals surface area contributed by atoms with Crippen molar-refractivity contribution in [3.63, 3.8) is 0 Å². The third kappa shape index (κ3) is 3.98. The van der Waals surface area contributed by atoms with Crippen LogP contribution in [0.1, 0.15) is 5.56 Å². The number of hydrogen-bond acceptors (Lipinski definition) is 5. The van der Waals surface area contributed by atoms with Gasteiger partial charge in [-0.05, 0) is 58.1 Å². The number of carbonyl (C=O) groups is 3. The molecule has 2 heterocycles. The molecule has 3 amide bonds. The van der Waals surface area contributed by atoms with Crippen molar-refractivity contribution in [3.05, 3.63) is 38.3 Å². The molecule has 0 aromatic heterocycles. The molecule has 0 atom stereocenters. The largest absolute Gasteiger partial charge is 0.378 e. The van der Waals surface area contributed by atoms with E-state index in [0.717, 1.165) is 25.8 Å². The van der Waals surface area contributed by atoms with Gasteiger partial charge in [-0.2, -0.15) is 0 Å². The summed E-state index contributed by atoms with van der Waals surface area (Å²) in [4.78, 5) is 39.7. The standard InChI is InChI=1S/C16H15IN2O4S/c17-12-3-1-11(2-4-12)9-13-15(21)19(16(22)24-13)10-14(20)18-5-7-23-8-6-18/h1-4,9H,5-8,10H2/b13-9-. The van der Waals surface area contributed by atoms with Gasteiger partial charge in [0.1, 0.15) is 6.54 Å². The van der Waals surface area contributed by atoms with Crippen molar-refractivity contribution in [2.45, 2.75) is 0 Å². The normalized spacial score (nSPS) is 20.1. The summed E-state index contributed by atoms with van der Waals surface area (Å²) >= 11 is 3.07. The highest BCUT2D eigenvalue weighted by atomic mass is 127. The number of morpholine rings is 1. The lowest BCUT2D eigenvalue weighted by molar-refractivity contribution is -0.139. The second kappa shape index (κ2) is 7.66. The van der Waals surface area contributed by atoms with Crippen LogP contribution in [0.4, 0.5) is 4.79 Å². The Morgan fingerprint density at radius 3 is 2.54 bits per heavy atom. The number of rotatable bonds is 3. The van der Waals surface area contributed by atoms with E-state index < -0.39 is 11.1 Å². The third-order valence-electron chi connectivity index (χ3n) is 3.70. The van der Waals surface area contributed by atoms with Gasteiger partial charge in [-0.3, -0.25) is 19.3 Å². The molecule has 2 saturated heterocycles. The molecule has 0 radical (unpaired) electrons. The smallest absolute Gasteiger partial charge is 0.294 e. The zero-order chi connectivity index (χ0) is 17.1. The Morgan fingerprint density at radius 2 is 1.88 bits per heavy atom. The average molecular weight is 458 g/mol. The monoisotopic (exact) mass is 458 g/mol. The van der Waals surface area contributed by atoms with Gasteiger partial charge in [0, 0.05) is 16.7 Å². The molecule has 3 rings (SSSR count). The fourth-order valence-electron chi connectivity index (χ4n) is 2.39. The van der Waals surface area contributed by atoms with Crippen LogP contribution >= 0.6 is 34.4 Å². The number of hydrogen-bond donors (Lipinski definition) is 0. The van der Waals surface area contributed by atoms with Crippen LogP contribution in [0.5, 0.6) is 0 Å². The van der Waals surface area contributed by atoms with Gasteiger partial charge in [-0.1, -0.05) is 12.1 Å². The Labute approximate surface area is 157 Å². The van der Waals surface area contributed by atoms with Crippen molar-refractivity contribution in [2.24, 2.45) is 0 Å². The highest BCUT2D eigenvalue weighted by Crippen LogP contribution is 2.32.